The second-order valence-corrected chi connectivity index (χ2v) is 14.9. The fraction of sp³-hybridized carbons (Fsp3) is 0.500. The third-order valence-electron chi connectivity index (χ3n) is 9.51. The number of rotatable bonds is 7. The van der Waals surface area contributed by atoms with Gasteiger partial charge in [-0.15, -0.1) is 0 Å². The maximum atomic E-state index is 14.0. The van der Waals surface area contributed by atoms with Gasteiger partial charge in [-0.3, -0.25) is 18.5 Å². The SMILES string of the molecule is C[C@H]1C[C@@H](C)C[C@@H](N2C3=C[C@@H](n4c(=O)c(P(=O)(O)OCOC(=O)c5ccccc5)nc5ccccc54)C[C@H]2CC3)C[C@@H](C)C1. The van der Waals surface area contributed by atoms with Gasteiger partial charge in [0.15, 0.2) is 0 Å². The molecular formula is C34H42N3O6P. The van der Waals surface area contributed by atoms with Crippen molar-refractivity contribution in [2.75, 3.05) is 6.79 Å². The molecule has 10 heteroatoms. The van der Waals surface area contributed by atoms with Crippen LogP contribution in [0.15, 0.2) is 71.2 Å². The number of esters is 1. The van der Waals surface area contributed by atoms with E-state index in [0.717, 1.165) is 25.2 Å². The lowest BCUT2D eigenvalue weighted by molar-refractivity contribution is 0.0134. The first-order valence-corrected chi connectivity index (χ1v) is 17.4. The van der Waals surface area contributed by atoms with Gasteiger partial charge < -0.3 is 14.5 Å². The highest BCUT2D eigenvalue weighted by Gasteiger charge is 2.41. The maximum Gasteiger partial charge on any atom is 0.385 e. The lowest BCUT2D eigenvalue weighted by Gasteiger charge is -2.44. The summed E-state index contributed by atoms with van der Waals surface area (Å²) in [6, 6.07) is 15.9. The van der Waals surface area contributed by atoms with Crippen LogP contribution in [0.25, 0.3) is 11.0 Å². The number of allylic oxidation sites excluding steroid dienone is 2. The van der Waals surface area contributed by atoms with Crippen molar-refractivity contribution in [1.29, 1.82) is 0 Å². The first kappa shape index (κ1) is 30.8. The number of aromatic nitrogens is 2. The number of ether oxygens (including phenoxy) is 1. The van der Waals surface area contributed by atoms with Crippen molar-refractivity contribution >= 4 is 30.0 Å². The van der Waals surface area contributed by atoms with Crippen LogP contribution in [0, 0.1) is 17.8 Å². The third-order valence-corrected chi connectivity index (χ3v) is 10.8. The normalized spacial score (nSPS) is 28.5. The number of nitrogens with zero attached hydrogens (tertiary/aromatic N) is 3. The van der Waals surface area contributed by atoms with Gasteiger partial charge in [-0.2, -0.15) is 0 Å². The molecule has 2 aliphatic heterocycles. The zero-order valence-electron chi connectivity index (χ0n) is 25.7. The standard InChI is InChI=1S/C34H42N3O6P/c1-22-15-23(2)17-28(18-24(3)16-22)36-26-13-14-27(36)20-29(19-26)37-31-12-8-7-11-30(31)35-32(33(37)38)44(40,41)43-21-42-34(39)25-9-5-4-6-10-25/h4-12,19,22-24,27-29H,13-18,20-21H2,1-3H3,(H,40,41)/t22-,23+,24-,27-,28+,29-/m1/s1. The molecule has 44 heavy (non-hydrogen) atoms. The summed E-state index contributed by atoms with van der Waals surface area (Å²) < 4.78 is 25.2. The molecule has 1 unspecified atom stereocenters. The Hall–Kier alpha value is -3.26. The van der Waals surface area contributed by atoms with Gasteiger partial charge in [-0.05, 0) is 93.0 Å². The van der Waals surface area contributed by atoms with Gasteiger partial charge >= 0.3 is 13.6 Å². The predicted octanol–water partition coefficient (Wildman–Crippen LogP) is 6.18. The van der Waals surface area contributed by atoms with E-state index in [1.54, 1.807) is 47.0 Å². The molecule has 3 aliphatic rings. The van der Waals surface area contributed by atoms with Crippen LogP contribution in [0.3, 0.4) is 0 Å². The largest absolute Gasteiger partial charge is 0.434 e. The van der Waals surface area contributed by atoms with Gasteiger partial charge in [0, 0.05) is 17.8 Å². The van der Waals surface area contributed by atoms with Crippen molar-refractivity contribution in [1.82, 2.24) is 14.5 Å². The van der Waals surface area contributed by atoms with Crippen molar-refractivity contribution in [3.8, 4) is 0 Å². The topological polar surface area (TPSA) is 111 Å². The van der Waals surface area contributed by atoms with Gasteiger partial charge in [0.1, 0.15) is 0 Å². The summed E-state index contributed by atoms with van der Waals surface area (Å²) >= 11 is 0. The summed E-state index contributed by atoms with van der Waals surface area (Å²) in [5.41, 5.74) is 1.34. The highest BCUT2D eigenvalue weighted by molar-refractivity contribution is 7.60. The zero-order chi connectivity index (χ0) is 31.0. The smallest absolute Gasteiger partial charge is 0.385 e. The Morgan fingerprint density at radius 1 is 0.932 bits per heavy atom. The van der Waals surface area contributed by atoms with Gasteiger partial charge in [-0.25, -0.2) is 9.78 Å². The van der Waals surface area contributed by atoms with Crippen LogP contribution >= 0.6 is 7.60 Å². The molecule has 6 rings (SSSR count). The molecule has 2 bridgehead atoms. The van der Waals surface area contributed by atoms with E-state index < -0.39 is 31.4 Å². The van der Waals surface area contributed by atoms with Crippen LogP contribution in [-0.4, -0.2) is 44.2 Å². The van der Waals surface area contributed by atoms with Gasteiger partial charge in [0.05, 0.1) is 22.6 Å². The number of para-hydroxylation sites is 2. The molecule has 7 atom stereocenters. The number of fused-ring (bicyclic) bond motifs is 3. The molecule has 1 N–H and O–H groups in total. The summed E-state index contributed by atoms with van der Waals surface area (Å²) in [6.45, 7) is 6.34. The molecule has 0 amide bonds. The van der Waals surface area contributed by atoms with E-state index >= 15 is 0 Å². The predicted molar refractivity (Wildman–Crippen MR) is 170 cm³/mol. The van der Waals surface area contributed by atoms with E-state index in [0.29, 0.717) is 35.0 Å². The minimum atomic E-state index is -4.74. The molecule has 3 aromatic rings. The molecule has 1 saturated carbocycles. The molecule has 9 nitrogen and oxygen atoms in total. The molecule has 0 spiro atoms. The molecule has 2 aromatic carbocycles. The zero-order valence-corrected chi connectivity index (χ0v) is 26.6. The van der Waals surface area contributed by atoms with Crippen molar-refractivity contribution in [3.63, 3.8) is 0 Å². The molecule has 0 radical (unpaired) electrons. The number of carbonyl (C=O) groups is 1. The monoisotopic (exact) mass is 619 g/mol. The summed E-state index contributed by atoms with van der Waals surface area (Å²) in [7, 11) is -4.74. The van der Waals surface area contributed by atoms with E-state index in [4.69, 9.17) is 9.26 Å². The lowest BCUT2D eigenvalue weighted by atomic mass is 9.78. The molecule has 1 saturated heterocycles. The third kappa shape index (κ3) is 6.28. The average molecular weight is 620 g/mol. The highest BCUT2D eigenvalue weighted by Crippen LogP contribution is 2.45. The van der Waals surface area contributed by atoms with E-state index in [1.807, 2.05) is 12.1 Å². The Morgan fingerprint density at radius 3 is 2.30 bits per heavy atom. The molecule has 234 valence electrons. The Morgan fingerprint density at radius 2 is 1.59 bits per heavy atom. The number of benzene rings is 2. The molecular weight excluding hydrogens is 577 g/mol. The molecule has 2 fully saturated rings. The minimum absolute atomic E-state index is 0.280. The summed E-state index contributed by atoms with van der Waals surface area (Å²) in [4.78, 5) is 44.2. The van der Waals surface area contributed by atoms with E-state index in [9.17, 15) is 19.0 Å². The fourth-order valence-corrected chi connectivity index (χ4v) is 8.84. The van der Waals surface area contributed by atoms with E-state index in [-0.39, 0.29) is 11.6 Å². The first-order valence-electron chi connectivity index (χ1n) is 15.8. The summed E-state index contributed by atoms with van der Waals surface area (Å²) in [5.74, 6) is 1.39. The summed E-state index contributed by atoms with van der Waals surface area (Å²) in [6.07, 6.45) is 9.81. The van der Waals surface area contributed by atoms with Crippen LogP contribution in [0.1, 0.15) is 82.1 Å². The van der Waals surface area contributed by atoms with Crippen molar-refractivity contribution in [2.24, 2.45) is 17.8 Å². The number of hydrogen-bond donors (Lipinski definition) is 1. The van der Waals surface area contributed by atoms with Gasteiger partial charge in [0.25, 0.3) is 5.56 Å². The molecule has 1 aliphatic carbocycles. The van der Waals surface area contributed by atoms with Crippen molar-refractivity contribution < 1.29 is 23.5 Å². The van der Waals surface area contributed by atoms with Crippen LogP contribution in [0.4, 0.5) is 0 Å². The Labute approximate surface area is 258 Å². The molecule has 1 aromatic heterocycles. The van der Waals surface area contributed by atoms with Gasteiger partial charge in [-0.1, -0.05) is 51.1 Å². The molecule has 3 heterocycles. The Kier molecular flexibility index (Phi) is 8.82. The first-order chi connectivity index (χ1) is 21.1. The number of carbonyl (C=O) groups excluding carboxylic acids is 1. The van der Waals surface area contributed by atoms with Crippen molar-refractivity contribution in [2.45, 2.75) is 83.8 Å². The second-order valence-electron chi connectivity index (χ2n) is 13.1. The minimum Gasteiger partial charge on any atom is -0.434 e. The number of hydrogen-bond acceptors (Lipinski definition) is 7. The van der Waals surface area contributed by atoms with Crippen LogP contribution in [-0.2, 0) is 13.8 Å². The van der Waals surface area contributed by atoms with Crippen LogP contribution < -0.4 is 11.0 Å². The summed E-state index contributed by atoms with van der Waals surface area (Å²) in [5, 5.41) is 0. The Bertz CT molecular complexity index is 1640. The maximum absolute atomic E-state index is 14.0. The Balaban J connectivity index is 1.28. The fourth-order valence-electron chi connectivity index (χ4n) is 7.94. The highest BCUT2D eigenvalue weighted by atomic mass is 31.2. The van der Waals surface area contributed by atoms with Crippen LogP contribution in [0.2, 0.25) is 0 Å². The van der Waals surface area contributed by atoms with E-state index in [1.165, 1.54) is 31.4 Å². The lowest BCUT2D eigenvalue weighted by Crippen LogP contribution is -2.46. The van der Waals surface area contributed by atoms with Crippen LogP contribution in [0.5, 0.6) is 0 Å². The quantitative estimate of drug-likeness (QED) is 0.190. The average Bonchev–Trinajstić information content (AvgIpc) is 3.24. The van der Waals surface area contributed by atoms with E-state index in [2.05, 4.69) is 36.7 Å². The van der Waals surface area contributed by atoms with Crippen molar-refractivity contribution in [3.05, 3.63) is 82.3 Å². The second kappa shape index (κ2) is 12.6. The van der Waals surface area contributed by atoms with Gasteiger partial charge in [0.2, 0.25) is 12.2 Å².